The van der Waals surface area contributed by atoms with Gasteiger partial charge in [-0.2, -0.15) is 0 Å². The van der Waals surface area contributed by atoms with Gasteiger partial charge in [-0.15, -0.1) is 0 Å². The summed E-state index contributed by atoms with van der Waals surface area (Å²) in [6, 6.07) is 0. The van der Waals surface area contributed by atoms with Crippen LogP contribution >= 0.6 is 0 Å². The lowest BCUT2D eigenvalue weighted by Gasteiger charge is -2.17. The first-order valence-corrected chi connectivity index (χ1v) is 3.41. The van der Waals surface area contributed by atoms with Crippen LogP contribution in [-0.2, 0) is 0 Å². The van der Waals surface area contributed by atoms with Gasteiger partial charge >= 0.3 is 0 Å². The van der Waals surface area contributed by atoms with Gasteiger partial charge in [0.15, 0.2) is 0 Å². The van der Waals surface area contributed by atoms with Gasteiger partial charge < -0.3 is 5.11 Å². The zero-order valence-electron chi connectivity index (χ0n) is 6.15. The smallest absolute Gasteiger partial charge is 0.118 e. The van der Waals surface area contributed by atoms with E-state index >= 15 is 0 Å². The van der Waals surface area contributed by atoms with Crippen molar-refractivity contribution in [3.05, 3.63) is 0 Å². The molecule has 0 fully saturated rings. The number of hydrogen-bond donors (Lipinski definition) is 1. The van der Waals surface area contributed by atoms with Crippen molar-refractivity contribution in [1.82, 2.24) is 0 Å². The summed E-state index contributed by atoms with van der Waals surface area (Å²) in [6.45, 7) is 2.92. The lowest BCUT2D eigenvalue weighted by molar-refractivity contribution is 0.0234. The predicted molar refractivity (Wildman–Crippen MR) is 36.1 cm³/mol. The summed E-state index contributed by atoms with van der Waals surface area (Å²) in [4.78, 5) is 0. The Labute approximate surface area is 55.9 Å². The van der Waals surface area contributed by atoms with E-state index in [1.54, 1.807) is 0 Å². The first kappa shape index (κ1) is 8.89. The monoisotopic (exact) mass is 134 g/mol. The molecule has 0 spiro atoms. The second kappa shape index (κ2) is 3.83. The molecule has 0 saturated carbocycles. The molecule has 0 radical (unpaired) electrons. The summed E-state index contributed by atoms with van der Waals surface area (Å²) in [5.74, 6) is 0. The molecule has 0 unspecified atom stereocenters. The molecule has 9 heavy (non-hydrogen) atoms. The Morgan fingerprint density at radius 2 is 2.11 bits per heavy atom. The summed E-state index contributed by atoms with van der Waals surface area (Å²) in [6.07, 6.45) is 2.48. The SMILES string of the molecule is CCCC[C@@](C)(O)CF. The highest BCUT2D eigenvalue weighted by Gasteiger charge is 2.18. The molecule has 0 amide bonds. The Morgan fingerprint density at radius 3 is 2.44 bits per heavy atom. The molecule has 1 N–H and O–H groups in total. The van der Waals surface area contributed by atoms with Gasteiger partial charge in [-0.25, -0.2) is 4.39 Å². The fourth-order valence-corrected chi connectivity index (χ4v) is 0.624. The van der Waals surface area contributed by atoms with Gasteiger partial charge in [0.2, 0.25) is 0 Å². The van der Waals surface area contributed by atoms with Gasteiger partial charge in [0.1, 0.15) is 6.67 Å². The van der Waals surface area contributed by atoms with E-state index in [1.165, 1.54) is 6.92 Å². The van der Waals surface area contributed by atoms with Gasteiger partial charge in [0.25, 0.3) is 0 Å². The highest BCUT2D eigenvalue weighted by atomic mass is 19.1. The van der Waals surface area contributed by atoms with Crippen LogP contribution in [0.1, 0.15) is 33.1 Å². The van der Waals surface area contributed by atoms with Crippen LogP contribution in [0.15, 0.2) is 0 Å². The maximum atomic E-state index is 11.8. The minimum Gasteiger partial charge on any atom is -0.387 e. The number of hydrogen-bond acceptors (Lipinski definition) is 1. The normalized spacial score (nSPS) is 17.3. The molecular weight excluding hydrogens is 119 g/mol. The van der Waals surface area contributed by atoms with Gasteiger partial charge in [0.05, 0.1) is 5.60 Å². The first-order chi connectivity index (χ1) is 4.12. The van der Waals surface area contributed by atoms with E-state index < -0.39 is 12.3 Å². The minimum absolute atomic E-state index is 0.569. The Kier molecular flexibility index (Phi) is 3.78. The quantitative estimate of drug-likeness (QED) is 0.622. The summed E-state index contributed by atoms with van der Waals surface area (Å²) in [5.41, 5.74) is -1.07. The zero-order chi connectivity index (χ0) is 7.33. The number of unbranched alkanes of at least 4 members (excludes halogenated alkanes) is 1. The Balaban J connectivity index is 3.33. The van der Waals surface area contributed by atoms with Crippen molar-refractivity contribution in [2.45, 2.75) is 38.7 Å². The summed E-state index contributed by atoms with van der Waals surface area (Å²) >= 11 is 0. The summed E-state index contributed by atoms with van der Waals surface area (Å²) in [7, 11) is 0. The number of halogens is 1. The summed E-state index contributed by atoms with van der Waals surface area (Å²) < 4.78 is 11.8. The Hall–Kier alpha value is -0.110. The van der Waals surface area contributed by atoms with Crippen LogP contribution in [0.4, 0.5) is 4.39 Å². The fourth-order valence-electron chi connectivity index (χ4n) is 0.624. The maximum absolute atomic E-state index is 11.8. The van der Waals surface area contributed by atoms with E-state index in [1.807, 2.05) is 6.92 Å². The fraction of sp³-hybridized carbons (Fsp3) is 1.00. The van der Waals surface area contributed by atoms with Crippen molar-refractivity contribution in [2.75, 3.05) is 6.67 Å². The highest BCUT2D eigenvalue weighted by molar-refractivity contribution is 4.69. The molecule has 0 aliphatic rings. The predicted octanol–water partition coefficient (Wildman–Crippen LogP) is 1.90. The molecule has 56 valence electrons. The van der Waals surface area contributed by atoms with E-state index in [4.69, 9.17) is 5.11 Å². The van der Waals surface area contributed by atoms with Crippen molar-refractivity contribution < 1.29 is 9.50 Å². The molecule has 0 saturated heterocycles. The number of alkyl halides is 1. The van der Waals surface area contributed by atoms with Crippen LogP contribution in [0.2, 0.25) is 0 Å². The van der Waals surface area contributed by atoms with E-state index in [-0.39, 0.29) is 0 Å². The van der Waals surface area contributed by atoms with E-state index in [0.717, 1.165) is 12.8 Å². The van der Waals surface area contributed by atoms with Crippen LogP contribution in [0.25, 0.3) is 0 Å². The molecule has 0 aliphatic carbocycles. The first-order valence-electron chi connectivity index (χ1n) is 3.41. The third kappa shape index (κ3) is 4.40. The van der Waals surface area contributed by atoms with Gasteiger partial charge in [0, 0.05) is 0 Å². The van der Waals surface area contributed by atoms with Gasteiger partial charge in [-0.3, -0.25) is 0 Å². The van der Waals surface area contributed by atoms with Crippen molar-refractivity contribution >= 4 is 0 Å². The largest absolute Gasteiger partial charge is 0.387 e. The minimum atomic E-state index is -1.07. The molecule has 0 rings (SSSR count). The molecule has 0 heterocycles. The Bertz CT molecular complexity index is 71.3. The molecule has 1 nitrogen and oxygen atoms in total. The Morgan fingerprint density at radius 1 is 1.56 bits per heavy atom. The number of aliphatic hydroxyl groups is 1. The highest BCUT2D eigenvalue weighted by Crippen LogP contribution is 2.13. The van der Waals surface area contributed by atoms with Gasteiger partial charge in [-0.1, -0.05) is 19.8 Å². The molecule has 0 bridgehead atoms. The molecule has 0 aliphatic heterocycles. The van der Waals surface area contributed by atoms with Crippen LogP contribution in [-0.4, -0.2) is 17.4 Å². The van der Waals surface area contributed by atoms with E-state index in [0.29, 0.717) is 6.42 Å². The molecule has 0 aromatic carbocycles. The van der Waals surface area contributed by atoms with Crippen molar-refractivity contribution in [2.24, 2.45) is 0 Å². The topological polar surface area (TPSA) is 20.2 Å². The lowest BCUT2D eigenvalue weighted by Crippen LogP contribution is -2.26. The zero-order valence-corrected chi connectivity index (χ0v) is 6.15. The molecule has 1 atom stereocenters. The van der Waals surface area contributed by atoms with Crippen LogP contribution in [0.3, 0.4) is 0 Å². The second-order valence-corrected chi connectivity index (χ2v) is 2.73. The molecular formula is C7H15FO. The number of rotatable bonds is 4. The van der Waals surface area contributed by atoms with Crippen LogP contribution < -0.4 is 0 Å². The lowest BCUT2D eigenvalue weighted by atomic mass is 10.0. The van der Waals surface area contributed by atoms with Crippen molar-refractivity contribution in [3.63, 3.8) is 0 Å². The molecule has 2 heteroatoms. The second-order valence-electron chi connectivity index (χ2n) is 2.73. The van der Waals surface area contributed by atoms with Crippen LogP contribution in [0, 0.1) is 0 Å². The average Bonchev–Trinajstić information content (AvgIpc) is 1.84. The van der Waals surface area contributed by atoms with Crippen molar-refractivity contribution in [1.29, 1.82) is 0 Å². The summed E-state index contributed by atoms with van der Waals surface area (Å²) in [5, 5.41) is 9.08. The van der Waals surface area contributed by atoms with Gasteiger partial charge in [-0.05, 0) is 13.3 Å². The third-order valence-corrected chi connectivity index (χ3v) is 1.36. The standard InChI is InChI=1S/C7H15FO/c1-3-4-5-7(2,9)6-8/h9H,3-6H2,1-2H3/t7-/m1/s1. The van der Waals surface area contributed by atoms with Crippen LogP contribution in [0.5, 0.6) is 0 Å². The van der Waals surface area contributed by atoms with E-state index in [2.05, 4.69) is 0 Å². The average molecular weight is 134 g/mol. The molecule has 0 aromatic rings. The molecule has 0 aromatic heterocycles. The van der Waals surface area contributed by atoms with Crippen molar-refractivity contribution in [3.8, 4) is 0 Å². The third-order valence-electron chi connectivity index (χ3n) is 1.36. The van der Waals surface area contributed by atoms with E-state index in [9.17, 15) is 4.39 Å². The maximum Gasteiger partial charge on any atom is 0.118 e.